The third-order valence-electron chi connectivity index (χ3n) is 5.90. The monoisotopic (exact) mass is 433 g/mol. The average molecular weight is 433 g/mol. The molecule has 0 spiro atoms. The number of hydrogen-bond acceptors (Lipinski definition) is 7. The average Bonchev–Trinajstić information content (AvgIpc) is 3.56. The molecule has 0 radical (unpaired) electrons. The first-order valence-electron chi connectivity index (χ1n) is 10.7. The molecule has 1 aromatic carbocycles. The maximum atomic E-state index is 12.8. The van der Waals surface area contributed by atoms with E-state index in [1.165, 1.54) is 6.26 Å². The Labute approximate surface area is 183 Å². The lowest BCUT2D eigenvalue weighted by Gasteiger charge is -2.17. The van der Waals surface area contributed by atoms with Crippen LogP contribution in [0.1, 0.15) is 66.8 Å². The number of carbonyl (C=O) groups excluding carboxylic acids is 1. The summed E-state index contributed by atoms with van der Waals surface area (Å²) < 4.78 is 12.4. The van der Waals surface area contributed by atoms with E-state index < -0.39 is 6.04 Å². The number of furan rings is 1. The van der Waals surface area contributed by atoms with Gasteiger partial charge in [0.2, 0.25) is 11.7 Å². The second-order valence-electron chi connectivity index (χ2n) is 8.14. The highest BCUT2D eigenvalue weighted by Gasteiger charge is 2.23. The normalized spacial score (nSPS) is 15.3. The van der Waals surface area contributed by atoms with Crippen molar-refractivity contribution in [1.82, 2.24) is 25.0 Å². The molecule has 1 aliphatic carbocycles. The number of nitrogens with zero attached hydrogens (tertiary/aromatic N) is 4. The standard InChI is InChI=1S/C23H23N5O4/c1-13(25-21(29)19-8-5-11-31-19)22-26-20(27-32-22)15-9-10-18-17(12-15)24-14(2)23(30)28(18)16-6-3-4-7-16/h5,8-13,16H,3-4,6-7H2,1-2H3,(H,25,29)/t13-/m1/s1. The number of amides is 1. The number of hydrogen-bond donors (Lipinski definition) is 1. The highest BCUT2D eigenvalue weighted by atomic mass is 16.5. The van der Waals surface area contributed by atoms with Crippen molar-refractivity contribution in [2.75, 3.05) is 0 Å². The molecule has 1 amide bonds. The fourth-order valence-corrected chi connectivity index (χ4v) is 4.26. The van der Waals surface area contributed by atoms with Gasteiger partial charge in [-0.05, 0) is 57.0 Å². The Morgan fingerprint density at radius 3 is 2.78 bits per heavy atom. The summed E-state index contributed by atoms with van der Waals surface area (Å²) in [4.78, 5) is 33.9. The van der Waals surface area contributed by atoms with Crippen LogP contribution in [0.2, 0.25) is 0 Å². The summed E-state index contributed by atoms with van der Waals surface area (Å²) in [5.74, 6) is 0.512. The molecule has 0 aliphatic heterocycles. The molecule has 32 heavy (non-hydrogen) atoms. The van der Waals surface area contributed by atoms with Crippen molar-refractivity contribution >= 4 is 16.9 Å². The van der Waals surface area contributed by atoms with E-state index in [0.29, 0.717) is 11.5 Å². The molecule has 3 aromatic heterocycles. The molecule has 164 valence electrons. The largest absolute Gasteiger partial charge is 0.459 e. The molecule has 4 aromatic rings. The lowest BCUT2D eigenvalue weighted by atomic mass is 10.1. The van der Waals surface area contributed by atoms with Crippen LogP contribution < -0.4 is 10.9 Å². The van der Waals surface area contributed by atoms with Gasteiger partial charge in [0.05, 0.1) is 17.3 Å². The van der Waals surface area contributed by atoms with Crippen molar-refractivity contribution in [1.29, 1.82) is 0 Å². The summed E-state index contributed by atoms with van der Waals surface area (Å²) in [5.41, 5.74) is 2.71. The van der Waals surface area contributed by atoms with Crippen LogP contribution in [0.15, 0.2) is 50.3 Å². The van der Waals surface area contributed by atoms with E-state index in [0.717, 1.165) is 42.3 Å². The fourth-order valence-electron chi connectivity index (χ4n) is 4.26. The van der Waals surface area contributed by atoms with E-state index >= 15 is 0 Å². The molecule has 9 heteroatoms. The fraction of sp³-hybridized carbons (Fsp3) is 0.348. The van der Waals surface area contributed by atoms with Crippen LogP contribution in [0.5, 0.6) is 0 Å². The van der Waals surface area contributed by atoms with Gasteiger partial charge in [-0.1, -0.05) is 18.0 Å². The van der Waals surface area contributed by atoms with E-state index in [9.17, 15) is 9.59 Å². The highest BCUT2D eigenvalue weighted by molar-refractivity contribution is 5.91. The summed E-state index contributed by atoms with van der Waals surface area (Å²) >= 11 is 0. The molecule has 1 N–H and O–H groups in total. The number of nitrogens with one attached hydrogen (secondary N) is 1. The van der Waals surface area contributed by atoms with Gasteiger partial charge in [-0.15, -0.1) is 0 Å². The zero-order chi connectivity index (χ0) is 22.2. The first-order chi connectivity index (χ1) is 15.5. The Bertz CT molecular complexity index is 1330. The van der Waals surface area contributed by atoms with Gasteiger partial charge >= 0.3 is 0 Å². The molecule has 0 saturated heterocycles. The molecule has 0 bridgehead atoms. The van der Waals surface area contributed by atoms with Crippen LogP contribution in [0.25, 0.3) is 22.4 Å². The predicted molar refractivity (Wildman–Crippen MR) is 116 cm³/mol. The Kier molecular flexibility index (Phi) is 5.08. The number of aryl methyl sites for hydroxylation is 1. The van der Waals surface area contributed by atoms with Crippen LogP contribution >= 0.6 is 0 Å². The van der Waals surface area contributed by atoms with Gasteiger partial charge in [0.25, 0.3) is 11.5 Å². The van der Waals surface area contributed by atoms with Gasteiger partial charge in [0.15, 0.2) is 5.76 Å². The summed E-state index contributed by atoms with van der Waals surface area (Å²) in [7, 11) is 0. The molecule has 1 saturated carbocycles. The van der Waals surface area contributed by atoms with E-state index in [4.69, 9.17) is 8.94 Å². The molecule has 1 atom stereocenters. The Morgan fingerprint density at radius 1 is 1.22 bits per heavy atom. The zero-order valence-corrected chi connectivity index (χ0v) is 17.9. The van der Waals surface area contributed by atoms with Crippen LogP contribution in [0, 0.1) is 6.92 Å². The third-order valence-corrected chi connectivity index (χ3v) is 5.90. The number of aromatic nitrogens is 4. The van der Waals surface area contributed by atoms with Crippen LogP contribution in [0.3, 0.4) is 0 Å². The van der Waals surface area contributed by atoms with Crippen molar-refractivity contribution in [3.05, 3.63) is 64.3 Å². The summed E-state index contributed by atoms with van der Waals surface area (Å²) in [6.45, 7) is 3.50. The first-order valence-corrected chi connectivity index (χ1v) is 10.7. The number of benzene rings is 1. The Hall–Kier alpha value is -3.75. The van der Waals surface area contributed by atoms with Crippen molar-refractivity contribution < 1.29 is 13.7 Å². The number of fused-ring (bicyclic) bond motifs is 1. The topological polar surface area (TPSA) is 116 Å². The zero-order valence-electron chi connectivity index (χ0n) is 17.9. The second kappa shape index (κ2) is 8.07. The minimum absolute atomic E-state index is 0.0277. The molecular formula is C23H23N5O4. The minimum Gasteiger partial charge on any atom is -0.459 e. The smallest absolute Gasteiger partial charge is 0.287 e. The quantitative estimate of drug-likeness (QED) is 0.506. The summed E-state index contributed by atoms with van der Waals surface area (Å²) in [5, 5.41) is 6.83. The van der Waals surface area contributed by atoms with Crippen LogP contribution in [-0.4, -0.2) is 25.6 Å². The molecule has 5 rings (SSSR count). The van der Waals surface area contributed by atoms with Gasteiger partial charge in [-0.2, -0.15) is 4.98 Å². The summed E-state index contributed by atoms with van der Waals surface area (Å²) in [6.07, 6.45) is 5.73. The summed E-state index contributed by atoms with van der Waals surface area (Å²) in [6, 6.07) is 8.58. The van der Waals surface area contributed by atoms with Gasteiger partial charge in [-0.25, -0.2) is 4.98 Å². The third kappa shape index (κ3) is 3.59. The van der Waals surface area contributed by atoms with Crippen molar-refractivity contribution in [2.45, 2.75) is 51.6 Å². The van der Waals surface area contributed by atoms with Gasteiger partial charge < -0.3 is 18.8 Å². The lowest BCUT2D eigenvalue weighted by Crippen LogP contribution is -2.27. The number of carbonyl (C=O) groups is 1. The van der Waals surface area contributed by atoms with Gasteiger partial charge in [0, 0.05) is 11.6 Å². The predicted octanol–water partition coefficient (Wildman–Crippen LogP) is 3.95. The van der Waals surface area contributed by atoms with Crippen molar-refractivity contribution in [3.8, 4) is 11.4 Å². The lowest BCUT2D eigenvalue weighted by molar-refractivity contribution is 0.0904. The molecule has 1 fully saturated rings. The molecule has 9 nitrogen and oxygen atoms in total. The van der Waals surface area contributed by atoms with Crippen molar-refractivity contribution in [3.63, 3.8) is 0 Å². The van der Waals surface area contributed by atoms with E-state index in [1.54, 1.807) is 26.0 Å². The first kappa shape index (κ1) is 20.2. The van der Waals surface area contributed by atoms with E-state index in [2.05, 4.69) is 20.4 Å². The van der Waals surface area contributed by atoms with Gasteiger partial charge in [-0.3, -0.25) is 9.59 Å². The molecule has 0 unspecified atom stereocenters. The highest BCUT2D eigenvalue weighted by Crippen LogP contribution is 2.31. The minimum atomic E-state index is -0.498. The second-order valence-corrected chi connectivity index (χ2v) is 8.14. The van der Waals surface area contributed by atoms with Gasteiger partial charge in [0.1, 0.15) is 11.7 Å². The molecule has 3 heterocycles. The molecule has 1 aliphatic rings. The Balaban J connectivity index is 1.44. The van der Waals surface area contributed by atoms with E-state index in [-0.39, 0.29) is 29.2 Å². The Morgan fingerprint density at radius 2 is 2.03 bits per heavy atom. The van der Waals surface area contributed by atoms with Crippen molar-refractivity contribution in [2.24, 2.45) is 0 Å². The van der Waals surface area contributed by atoms with Crippen LogP contribution in [0.4, 0.5) is 0 Å². The maximum Gasteiger partial charge on any atom is 0.287 e. The van der Waals surface area contributed by atoms with E-state index in [1.807, 2.05) is 22.8 Å². The SMILES string of the molecule is Cc1nc2cc(-c3noc([C@@H](C)NC(=O)c4ccco4)n3)ccc2n(C2CCCC2)c1=O. The number of rotatable bonds is 5. The molecular weight excluding hydrogens is 410 g/mol. The maximum absolute atomic E-state index is 12.8. The van der Waals surface area contributed by atoms with Crippen LogP contribution in [-0.2, 0) is 0 Å².